The molecule has 0 bridgehead atoms. The fraction of sp³-hybridized carbons (Fsp3) is 0.667. The highest BCUT2D eigenvalue weighted by atomic mass is 19.2. The standard InChI is InChI=1S/C30H42F2O/c1-3-5-6-21-7-9-22(10-8-21)23-11-13-24(14-12-23)25-15-17-26(18-16-25)27-19-20-28(33-4-2)30(32)29(27)31/h3,7,9,19-26H,1,4-6,8,10-18H2,2H3. The number of halogens is 2. The molecule has 3 aliphatic rings. The molecule has 33 heavy (non-hydrogen) atoms. The Balaban J connectivity index is 1.24. The van der Waals surface area contributed by atoms with Gasteiger partial charge in [0, 0.05) is 0 Å². The molecule has 2 unspecified atom stereocenters. The molecular formula is C30H42F2O. The molecule has 2 atom stereocenters. The predicted octanol–water partition coefficient (Wildman–Crippen LogP) is 8.99. The minimum absolute atomic E-state index is 0.0318. The fourth-order valence-corrected chi connectivity index (χ4v) is 6.94. The molecule has 2 fully saturated rings. The van der Waals surface area contributed by atoms with Crippen LogP contribution in [0.4, 0.5) is 8.78 Å². The summed E-state index contributed by atoms with van der Waals surface area (Å²) in [5.74, 6) is 2.68. The van der Waals surface area contributed by atoms with E-state index in [2.05, 4.69) is 18.7 Å². The van der Waals surface area contributed by atoms with Crippen molar-refractivity contribution in [3.63, 3.8) is 0 Å². The summed E-state index contributed by atoms with van der Waals surface area (Å²) < 4.78 is 34.2. The minimum Gasteiger partial charge on any atom is -0.491 e. The molecule has 0 N–H and O–H groups in total. The molecule has 0 spiro atoms. The topological polar surface area (TPSA) is 9.23 Å². The number of hydrogen-bond acceptors (Lipinski definition) is 1. The monoisotopic (exact) mass is 456 g/mol. The van der Waals surface area contributed by atoms with Crippen molar-refractivity contribution in [2.24, 2.45) is 29.6 Å². The van der Waals surface area contributed by atoms with Crippen molar-refractivity contribution in [1.82, 2.24) is 0 Å². The lowest BCUT2D eigenvalue weighted by Gasteiger charge is -2.40. The van der Waals surface area contributed by atoms with Gasteiger partial charge in [0.25, 0.3) is 0 Å². The number of allylic oxidation sites excluding steroid dienone is 3. The van der Waals surface area contributed by atoms with Gasteiger partial charge in [-0.25, -0.2) is 4.39 Å². The van der Waals surface area contributed by atoms with E-state index in [-0.39, 0.29) is 11.7 Å². The average molecular weight is 457 g/mol. The zero-order valence-corrected chi connectivity index (χ0v) is 20.4. The largest absolute Gasteiger partial charge is 0.491 e. The zero-order chi connectivity index (χ0) is 23.2. The van der Waals surface area contributed by atoms with E-state index < -0.39 is 11.6 Å². The van der Waals surface area contributed by atoms with Gasteiger partial charge in [0.2, 0.25) is 5.82 Å². The van der Waals surface area contributed by atoms with Crippen LogP contribution in [0.3, 0.4) is 0 Å². The third kappa shape index (κ3) is 5.89. The van der Waals surface area contributed by atoms with Crippen molar-refractivity contribution < 1.29 is 13.5 Å². The van der Waals surface area contributed by atoms with E-state index in [4.69, 9.17) is 4.74 Å². The van der Waals surface area contributed by atoms with Gasteiger partial charge in [0.15, 0.2) is 11.6 Å². The van der Waals surface area contributed by atoms with Crippen molar-refractivity contribution in [3.8, 4) is 5.75 Å². The van der Waals surface area contributed by atoms with Crippen molar-refractivity contribution >= 4 is 0 Å². The highest BCUT2D eigenvalue weighted by Crippen LogP contribution is 2.47. The summed E-state index contributed by atoms with van der Waals surface area (Å²) in [6.07, 6.45) is 21.9. The first-order chi connectivity index (χ1) is 16.1. The summed E-state index contributed by atoms with van der Waals surface area (Å²) in [6.45, 7) is 5.98. The molecule has 1 nitrogen and oxygen atoms in total. The summed E-state index contributed by atoms with van der Waals surface area (Å²) in [5.41, 5.74) is 0.550. The Kier molecular flexibility index (Phi) is 8.66. The molecule has 3 aliphatic carbocycles. The van der Waals surface area contributed by atoms with Crippen LogP contribution in [0.5, 0.6) is 5.75 Å². The predicted molar refractivity (Wildman–Crippen MR) is 132 cm³/mol. The summed E-state index contributed by atoms with van der Waals surface area (Å²) in [4.78, 5) is 0. The van der Waals surface area contributed by atoms with Crippen LogP contribution in [-0.2, 0) is 0 Å². The fourth-order valence-electron chi connectivity index (χ4n) is 6.94. The van der Waals surface area contributed by atoms with E-state index in [1.54, 1.807) is 19.1 Å². The van der Waals surface area contributed by atoms with Crippen LogP contribution in [0.25, 0.3) is 0 Å². The third-order valence-electron chi connectivity index (χ3n) is 8.92. The lowest BCUT2D eigenvalue weighted by molar-refractivity contribution is 0.138. The number of ether oxygens (including phenoxy) is 1. The molecule has 182 valence electrons. The van der Waals surface area contributed by atoms with E-state index in [9.17, 15) is 8.78 Å². The van der Waals surface area contributed by atoms with Crippen molar-refractivity contribution in [2.75, 3.05) is 6.61 Å². The maximum atomic E-state index is 14.7. The Bertz CT molecular complexity index is 800. The summed E-state index contributed by atoms with van der Waals surface area (Å²) in [6, 6.07) is 3.35. The first-order valence-corrected chi connectivity index (χ1v) is 13.5. The quantitative estimate of drug-likeness (QED) is 0.355. The highest BCUT2D eigenvalue weighted by molar-refractivity contribution is 5.33. The summed E-state index contributed by atoms with van der Waals surface area (Å²) >= 11 is 0. The van der Waals surface area contributed by atoms with Gasteiger partial charge in [0.05, 0.1) is 6.61 Å². The van der Waals surface area contributed by atoms with E-state index in [1.165, 1.54) is 44.9 Å². The second-order valence-electron chi connectivity index (χ2n) is 10.8. The van der Waals surface area contributed by atoms with Crippen LogP contribution >= 0.6 is 0 Å². The van der Waals surface area contributed by atoms with Gasteiger partial charge in [-0.1, -0.05) is 24.3 Å². The van der Waals surface area contributed by atoms with Gasteiger partial charge in [-0.05, 0) is 131 Å². The molecule has 1 aromatic carbocycles. The van der Waals surface area contributed by atoms with Crippen LogP contribution in [0.2, 0.25) is 0 Å². The molecule has 0 heterocycles. The number of benzene rings is 1. The Morgan fingerprint density at radius 2 is 1.52 bits per heavy atom. The molecule has 4 rings (SSSR count). The van der Waals surface area contributed by atoms with Gasteiger partial charge >= 0.3 is 0 Å². The normalized spacial score (nSPS) is 32.5. The first-order valence-electron chi connectivity index (χ1n) is 13.5. The van der Waals surface area contributed by atoms with Crippen molar-refractivity contribution in [1.29, 1.82) is 0 Å². The molecule has 0 saturated heterocycles. The van der Waals surface area contributed by atoms with Gasteiger partial charge in [-0.15, -0.1) is 6.58 Å². The Labute approximate surface area is 199 Å². The second-order valence-corrected chi connectivity index (χ2v) is 10.8. The lowest BCUT2D eigenvalue weighted by atomic mass is 9.65. The second kappa shape index (κ2) is 11.7. The van der Waals surface area contributed by atoms with Gasteiger partial charge in [-0.2, -0.15) is 4.39 Å². The number of hydrogen-bond donors (Lipinski definition) is 0. The maximum Gasteiger partial charge on any atom is 0.200 e. The molecule has 1 aromatic rings. The average Bonchev–Trinajstić information content (AvgIpc) is 2.86. The smallest absolute Gasteiger partial charge is 0.200 e. The van der Waals surface area contributed by atoms with Crippen LogP contribution in [0.1, 0.15) is 95.5 Å². The Hall–Kier alpha value is -1.64. The van der Waals surface area contributed by atoms with Gasteiger partial charge < -0.3 is 4.74 Å². The van der Waals surface area contributed by atoms with E-state index in [1.807, 2.05) is 6.08 Å². The SMILES string of the molecule is C=CCCC1C=CC(C2CCC(C3CCC(c4ccc(OCC)c(F)c4F)CC3)CC2)CC1. The zero-order valence-electron chi connectivity index (χ0n) is 20.4. The molecule has 0 radical (unpaired) electrons. The van der Waals surface area contributed by atoms with Crippen LogP contribution < -0.4 is 4.74 Å². The summed E-state index contributed by atoms with van der Waals surface area (Å²) in [7, 11) is 0. The van der Waals surface area contributed by atoms with E-state index in [0.717, 1.165) is 61.7 Å². The third-order valence-corrected chi connectivity index (χ3v) is 8.92. The molecule has 0 aromatic heterocycles. The maximum absolute atomic E-state index is 14.7. The molecule has 3 heteroatoms. The van der Waals surface area contributed by atoms with Crippen molar-refractivity contribution in [2.45, 2.75) is 89.9 Å². The van der Waals surface area contributed by atoms with Crippen LogP contribution in [0.15, 0.2) is 36.9 Å². The molecular weight excluding hydrogens is 414 g/mol. The highest BCUT2D eigenvalue weighted by Gasteiger charge is 2.34. The van der Waals surface area contributed by atoms with Gasteiger partial charge in [0.1, 0.15) is 0 Å². The van der Waals surface area contributed by atoms with Crippen molar-refractivity contribution in [3.05, 3.63) is 54.1 Å². The lowest BCUT2D eigenvalue weighted by Crippen LogP contribution is -2.28. The van der Waals surface area contributed by atoms with E-state index in [0.29, 0.717) is 12.2 Å². The van der Waals surface area contributed by atoms with Crippen LogP contribution in [-0.4, -0.2) is 6.61 Å². The molecule has 2 saturated carbocycles. The summed E-state index contributed by atoms with van der Waals surface area (Å²) in [5, 5.41) is 0. The Morgan fingerprint density at radius 3 is 2.12 bits per heavy atom. The minimum atomic E-state index is -0.821. The van der Waals surface area contributed by atoms with Crippen LogP contribution in [0, 0.1) is 41.2 Å². The Morgan fingerprint density at radius 1 is 0.848 bits per heavy atom. The molecule has 0 amide bonds. The first kappa shape index (κ1) is 24.5. The molecule has 0 aliphatic heterocycles. The number of rotatable bonds is 8. The van der Waals surface area contributed by atoms with E-state index >= 15 is 0 Å². The van der Waals surface area contributed by atoms with Gasteiger partial charge in [-0.3, -0.25) is 0 Å².